The van der Waals surface area contributed by atoms with E-state index in [1.165, 1.54) is 0 Å². The molecule has 0 heterocycles. The molecule has 0 fully saturated rings. The van der Waals surface area contributed by atoms with Crippen LogP contribution in [-0.2, 0) is 0 Å². The van der Waals surface area contributed by atoms with E-state index in [2.05, 4.69) is 5.32 Å². The molecule has 0 spiro atoms. The molecule has 3 nitrogen and oxygen atoms in total. The van der Waals surface area contributed by atoms with Gasteiger partial charge in [-0.05, 0) is 30.9 Å². The fourth-order valence-corrected chi connectivity index (χ4v) is 1.60. The smallest absolute Gasteiger partial charge is 0.251 e. The van der Waals surface area contributed by atoms with Crippen molar-refractivity contribution in [2.45, 2.75) is 27.2 Å². The van der Waals surface area contributed by atoms with Crippen molar-refractivity contribution in [2.75, 3.05) is 13.2 Å². The van der Waals surface area contributed by atoms with E-state index in [-0.39, 0.29) is 17.9 Å². The van der Waals surface area contributed by atoms with Crippen molar-refractivity contribution < 1.29 is 9.90 Å². The number of aryl methyl sites for hydroxylation is 1. The molecule has 1 rings (SSSR count). The maximum Gasteiger partial charge on any atom is 0.251 e. The first-order chi connectivity index (χ1) is 7.94. The monoisotopic (exact) mass is 235 g/mol. The number of hydrogen-bond donors (Lipinski definition) is 2. The van der Waals surface area contributed by atoms with Crippen LogP contribution in [0.15, 0.2) is 24.3 Å². The summed E-state index contributed by atoms with van der Waals surface area (Å²) in [6.07, 6.45) is 0.682. The number of hydrogen-bond acceptors (Lipinski definition) is 2. The molecule has 0 radical (unpaired) electrons. The van der Waals surface area contributed by atoms with E-state index in [0.29, 0.717) is 18.5 Å². The molecule has 1 amide bonds. The largest absolute Gasteiger partial charge is 0.396 e. The second kappa shape index (κ2) is 5.82. The SMILES string of the molecule is Cc1cccc(C(=O)NCC(C)(C)CCO)c1. The molecule has 3 heteroatoms. The maximum atomic E-state index is 11.9. The zero-order chi connectivity index (χ0) is 12.9. The molecule has 0 bridgehead atoms. The van der Waals surface area contributed by atoms with Gasteiger partial charge in [0.15, 0.2) is 0 Å². The highest BCUT2D eigenvalue weighted by molar-refractivity contribution is 5.94. The van der Waals surface area contributed by atoms with E-state index in [1.807, 2.05) is 39.0 Å². The Hall–Kier alpha value is -1.35. The van der Waals surface area contributed by atoms with Crippen LogP contribution in [0.4, 0.5) is 0 Å². The average Bonchev–Trinajstić information content (AvgIpc) is 2.26. The van der Waals surface area contributed by atoms with Gasteiger partial charge < -0.3 is 10.4 Å². The Bertz CT molecular complexity index is 386. The fourth-order valence-electron chi connectivity index (χ4n) is 1.60. The number of carbonyl (C=O) groups excluding carboxylic acids is 1. The summed E-state index contributed by atoms with van der Waals surface area (Å²) in [6, 6.07) is 7.52. The number of benzene rings is 1. The average molecular weight is 235 g/mol. The van der Waals surface area contributed by atoms with Crippen LogP contribution < -0.4 is 5.32 Å². The second-order valence-electron chi connectivity index (χ2n) is 5.19. The molecule has 2 N–H and O–H groups in total. The summed E-state index contributed by atoms with van der Waals surface area (Å²) >= 11 is 0. The summed E-state index contributed by atoms with van der Waals surface area (Å²) in [4.78, 5) is 11.9. The molecule has 0 aromatic heterocycles. The predicted octanol–water partition coefficient (Wildman–Crippen LogP) is 2.13. The van der Waals surface area contributed by atoms with E-state index in [9.17, 15) is 4.79 Å². The van der Waals surface area contributed by atoms with Gasteiger partial charge in [0.2, 0.25) is 0 Å². The van der Waals surface area contributed by atoms with Crippen molar-refractivity contribution in [1.29, 1.82) is 0 Å². The molecule has 1 aromatic rings. The third-order valence-electron chi connectivity index (χ3n) is 2.80. The molecule has 1 aromatic carbocycles. The van der Waals surface area contributed by atoms with Crippen LogP contribution >= 0.6 is 0 Å². The van der Waals surface area contributed by atoms with Crippen LogP contribution in [0.3, 0.4) is 0 Å². The Kier molecular flexibility index (Phi) is 4.70. The fraction of sp³-hybridized carbons (Fsp3) is 0.500. The van der Waals surface area contributed by atoms with Crippen molar-refractivity contribution in [2.24, 2.45) is 5.41 Å². The maximum absolute atomic E-state index is 11.9. The van der Waals surface area contributed by atoms with E-state index in [1.54, 1.807) is 6.07 Å². The first-order valence-corrected chi connectivity index (χ1v) is 5.90. The highest BCUT2D eigenvalue weighted by Crippen LogP contribution is 2.18. The van der Waals surface area contributed by atoms with Crippen LogP contribution in [0.25, 0.3) is 0 Å². The normalized spacial score (nSPS) is 11.3. The molecule has 0 saturated carbocycles. The van der Waals surface area contributed by atoms with Gasteiger partial charge in [0.1, 0.15) is 0 Å². The molecule has 0 aliphatic heterocycles. The lowest BCUT2D eigenvalue weighted by molar-refractivity contribution is 0.0928. The second-order valence-corrected chi connectivity index (χ2v) is 5.19. The summed E-state index contributed by atoms with van der Waals surface area (Å²) < 4.78 is 0. The summed E-state index contributed by atoms with van der Waals surface area (Å²) in [6.45, 7) is 6.74. The Labute approximate surface area is 103 Å². The van der Waals surface area contributed by atoms with Gasteiger partial charge in [-0.1, -0.05) is 31.5 Å². The Morgan fingerprint density at radius 3 is 2.71 bits per heavy atom. The summed E-state index contributed by atoms with van der Waals surface area (Å²) in [5, 5.41) is 11.8. The van der Waals surface area contributed by atoms with E-state index in [0.717, 1.165) is 5.56 Å². The summed E-state index contributed by atoms with van der Waals surface area (Å²) in [5.74, 6) is -0.0558. The quantitative estimate of drug-likeness (QED) is 0.821. The van der Waals surface area contributed by atoms with Gasteiger partial charge in [0.25, 0.3) is 5.91 Å². The first-order valence-electron chi connectivity index (χ1n) is 5.90. The lowest BCUT2D eigenvalue weighted by Gasteiger charge is -2.23. The van der Waals surface area contributed by atoms with Crippen molar-refractivity contribution >= 4 is 5.91 Å². The summed E-state index contributed by atoms with van der Waals surface area (Å²) in [7, 11) is 0. The molecule has 0 atom stereocenters. The minimum Gasteiger partial charge on any atom is -0.396 e. The van der Waals surface area contributed by atoms with Crippen molar-refractivity contribution in [3.05, 3.63) is 35.4 Å². The third-order valence-corrected chi connectivity index (χ3v) is 2.80. The van der Waals surface area contributed by atoms with Gasteiger partial charge in [0, 0.05) is 18.7 Å². The van der Waals surface area contributed by atoms with Crippen LogP contribution in [0, 0.1) is 12.3 Å². The van der Waals surface area contributed by atoms with Gasteiger partial charge >= 0.3 is 0 Å². The van der Waals surface area contributed by atoms with E-state index >= 15 is 0 Å². The molecule has 0 aliphatic rings. The van der Waals surface area contributed by atoms with Crippen LogP contribution in [-0.4, -0.2) is 24.2 Å². The molecular formula is C14H21NO2. The summed E-state index contributed by atoms with van der Waals surface area (Å²) in [5.41, 5.74) is 1.69. The third kappa shape index (κ3) is 4.57. The highest BCUT2D eigenvalue weighted by Gasteiger charge is 2.18. The number of aliphatic hydroxyl groups excluding tert-OH is 1. The highest BCUT2D eigenvalue weighted by atomic mass is 16.3. The van der Waals surface area contributed by atoms with Crippen molar-refractivity contribution in [1.82, 2.24) is 5.32 Å². The number of carbonyl (C=O) groups is 1. The molecule has 0 aliphatic carbocycles. The molecular weight excluding hydrogens is 214 g/mol. The molecule has 17 heavy (non-hydrogen) atoms. The Balaban J connectivity index is 2.56. The molecule has 0 saturated heterocycles. The van der Waals surface area contributed by atoms with Crippen molar-refractivity contribution in [3.63, 3.8) is 0 Å². The van der Waals surface area contributed by atoms with Gasteiger partial charge in [-0.2, -0.15) is 0 Å². The van der Waals surface area contributed by atoms with Crippen LogP contribution in [0.5, 0.6) is 0 Å². The number of rotatable bonds is 5. The lowest BCUT2D eigenvalue weighted by atomic mass is 9.89. The zero-order valence-corrected chi connectivity index (χ0v) is 10.8. The van der Waals surface area contributed by atoms with E-state index in [4.69, 9.17) is 5.11 Å². The van der Waals surface area contributed by atoms with Crippen LogP contribution in [0.1, 0.15) is 36.2 Å². The molecule has 94 valence electrons. The predicted molar refractivity (Wildman–Crippen MR) is 69.0 cm³/mol. The first kappa shape index (κ1) is 13.7. The van der Waals surface area contributed by atoms with E-state index < -0.39 is 0 Å². The standard InChI is InChI=1S/C14H21NO2/c1-11-5-4-6-12(9-11)13(17)15-10-14(2,3)7-8-16/h4-6,9,16H,7-8,10H2,1-3H3,(H,15,17). The number of nitrogens with one attached hydrogen (secondary N) is 1. The lowest BCUT2D eigenvalue weighted by Crippen LogP contribution is -2.34. The van der Waals surface area contributed by atoms with Gasteiger partial charge in [0.05, 0.1) is 0 Å². The van der Waals surface area contributed by atoms with Gasteiger partial charge in [-0.15, -0.1) is 0 Å². The van der Waals surface area contributed by atoms with Gasteiger partial charge in [-0.25, -0.2) is 0 Å². The number of amides is 1. The molecule has 0 unspecified atom stereocenters. The Morgan fingerprint density at radius 2 is 2.12 bits per heavy atom. The van der Waals surface area contributed by atoms with Crippen LogP contribution in [0.2, 0.25) is 0 Å². The Morgan fingerprint density at radius 1 is 1.41 bits per heavy atom. The van der Waals surface area contributed by atoms with Crippen molar-refractivity contribution in [3.8, 4) is 0 Å². The zero-order valence-electron chi connectivity index (χ0n) is 10.8. The van der Waals surface area contributed by atoms with Gasteiger partial charge in [-0.3, -0.25) is 4.79 Å². The topological polar surface area (TPSA) is 49.3 Å². The minimum absolute atomic E-state index is 0.0558. The minimum atomic E-state index is -0.0752. The number of aliphatic hydroxyl groups is 1.